The first-order chi connectivity index (χ1) is 10.2. The van der Waals surface area contributed by atoms with E-state index in [1.807, 2.05) is 0 Å². The molecule has 0 atom stereocenters. The normalized spacial score (nSPS) is 12.2. The number of alkyl halides is 4. The lowest BCUT2D eigenvalue weighted by atomic mass is 10.1. The van der Waals surface area contributed by atoms with Crippen molar-refractivity contribution in [3.63, 3.8) is 0 Å². The molecule has 0 saturated carbocycles. The third-order valence-corrected chi connectivity index (χ3v) is 2.86. The fraction of sp³-hybridized carbons (Fsp3) is 0.143. The Morgan fingerprint density at radius 3 is 2.14 bits per heavy atom. The molecule has 0 aliphatic heterocycles. The van der Waals surface area contributed by atoms with Gasteiger partial charge in [-0.2, -0.15) is 17.6 Å². The molecule has 0 unspecified atom stereocenters. The molecule has 0 amide bonds. The second-order valence-corrected chi connectivity index (χ2v) is 4.30. The van der Waals surface area contributed by atoms with Crippen molar-refractivity contribution >= 4 is 22.7 Å². The summed E-state index contributed by atoms with van der Waals surface area (Å²) in [7, 11) is 0. The summed E-state index contributed by atoms with van der Waals surface area (Å²) in [4.78, 5) is 21.4. The van der Waals surface area contributed by atoms with Crippen LogP contribution in [0.15, 0.2) is 42.5 Å². The third kappa shape index (κ3) is 2.47. The highest BCUT2D eigenvalue weighted by Gasteiger charge is 2.64. The standard InChI is InChI=1S/C14H8F4O4/c15-13(16,11(19)20)14(17,18)12(21)22-10-7-3-5-8-4-1-2-6-9(8)10/h1-7H,(H,19,20)/p-1. The first kappa shape index (κ1) is 15.7. The van der Waals surface area contributed by atoms with Gasteiger partial charge >= 0.3 is 17.8 Å². The number of carbonyl (C=O) groups excluding carboxylic acids is 2. The lowest BCUT2D eigenvalue weighted by molar-refractivity contribution is -0.346. The molecule has 2 aromatic rings. The quantitative estimate of drug-likeness (QED) is 0.490. The van der Waals surface area contributed by atoms with Crippen molar-refractivity contribution in [2.24, 2.45) is 0 Å². The maximum absolute atomic E-state index is 13.3. The molecule has 4 nitrogen and oxygen atoms in total. The lowest BCUT2D eigenvalue weighted by Gasteiger charge is -2.25. The molecule has 2 rings (SSSR count). The van der Waals surface area contributed by atoms with Gasteiger partial charge in [0.2, 0.25) is 0 Å². The number of halogens is 4. The van der Waals surface area contributed by atoms with E-state index < -0.39 is 29.5 Å². The number of aliphatic carboxylic acids is 1. The summed E-state index contributed by atoms with van der Waals surface area (Å²) < 4.78 is 56.6. The molecule has 0 saturated heterocycles. The maximum Gasteiger partial charge on any atom is 0.410 e. The van der Waals surface area contributed by atoms with Gasteiger partial charge in [-0.1, -0.05) is 36.4 Å². The first-order valence-corrected chi connectivity index (χ1v) is 5.85. The molecule has 0 aliphatic carbocycles. The minimum atomic E-state index is -5.69. The molecular formula is C14H7F4O4-. The number of carboxylic acid groups (broad SMARTS) is 1. The lowest BCUT2D eigenvalue weighted by Crippen LogP contribution is -2.58. The Kier molecular flexibility index (Phi) is 3.78. The number of fused-ring (bicyclic) bond motifs is 1. The van der Waals surface area contributed by atoms with Crippen LogP contribution in [-0.2, 0) is 9.59 Å². The number of benzene rings is 2. The monoisotopic (exact) mass is 315 g/mol. The largest absolute Gasteiger partial charge is 0.544 e. The molecule has 0 heterocycles. The van der Waals surface area contributed by atoms with E-state index in [0.717, 1.165) is 6.07 Å². The number of carboxylic acids is 1. The molecular weight excluding hydrogens is 308 g/mol. The Balaban J connectivity index is 2.37. The molecule has 0 aromatic heterocycles. The van der Waals surface area contributed by atoms with Gasteiger partial charge < -0.3 is 14.6 Å². The zero-order valence-corrected chi connectivity index (χ0v) is 10.7. The number of hydrogen-bond acceptors (Lipinski definition) is 4. The molecule has 0 fully saturated rings. The number of ether oxygens (including phenoxy) is 1. The Morgan fingerprint density at radius 1 is 0.909 bits per heavy atom. The Morgan fingerprint density at radius 2 is 1.50 bits per heavy atom. The fourth-order valence-corrected chi connectivity index (χ4v) is 1.71. The van der Waals surface area contributed by atoms with Gasteiger partial charge in [0.25, 0.3) is 0 Å². The second-order valence-electron chi connectivity index (χ2n) is 4.30. The van der Waals surface area contributed by atoms with Crippen molar-refractivity contribution in [1.29, 1.82) is 0 Å². The van der Waals surface area contributed by atoms with E-state index in [0.29, 0.717) is 5.39 Å². The molecule has 116 valence electrons. The van der Waals surface area contributed by atoms with Gasteiger partial charge in [-0.05, 0) is 11.5 Å². The molecule has 2 aromatic carbocycles. The van der Waals surface area contributed by atoms with E-state index in [2.05, 4.69) is 4.74 Å². The van der Waals surface area contributed by atoms with Crippen LogP contribution in [0.2, 0.25) is 0 Å². The van der Waals surface area contributed by atoms with Crippen LogP contribution >= 0.6 is 0 Å². The van der Waals surface area contributed by atoms with E-state index in [9.17, 15) is 32.3 Å². The van der Waals surface area contributed by atoms with Gasteiger partial charge in [-0.3, -0.25) is 0 Å². The van der Waals surface area contributed by atoms with Crippen LogP contribution in [0.4, 0.5) is 17.6 Å². The van der Waals surface area contributed by atoms with Crippen molar-refractivity contribution in [2.45, 2.75) is 11.8 Å². The maximum atomic E-state index is 13.3. The highest BCUT2D eigenvalue weighted by molar-refractivity contribution is 5.93. The van der Waals surface area contributed by atoms with Crippen LogP contribution in [0.1, 0.15) is 0 Å². The predicted octanol–water partition coefficient (Wildman–Crippen LogP) is 1.77. The molecule has 0 spiro atoms. The van der Waals surface area contributed by atoms with Gasteiger partial charge in [0.1, 0.15) is 11.7 Å². The average molecular weight is 315 g/mol. The van der Waals surface area contributed by atoms with E-state index in [1.54, 1.807) is 18.2 Å². The van der Waals surface area contributed by atoms with Crippen molar-refractivity contribution in [3.05, 3.63) is 42.5 Å². The van der Waals surface area contributed by atoms with Crippen LogP contribution in [0.3, 0.4) is 0 Å². The van der Waals surface area contributed by atoms with Crippen molar-refractivity contribution < 1.29 is 37.0 Å². The number of carbonyl (C=O) groups is 2. The molecule has 0 aliphatic rings. The Hall–Kier alpha value is -2.64. The minimum absolute atomic E-state index is 0.228. The van der Waals surface area contributed by atoms with Crippen molar-refractivity contribution in [1.82, 2.24) is 0 Å². The SMILES string of the molecule is O=C([O-])C(F)(F)C(F)(F)C(=O)Oc1cccc2ccccc12. The Bertz CT molecular complexity index is 737. The zero-order chi connectivity index (χ0) is 16.5. The number of esters is 1. The second kappa shape index (κ2) is 5.28. The van der Waals surface area contributed by atoms with Crippen LogP contribution in [0.5, 0.6) is 5.75 Å². The fourth-order valence-electron chi connectivity index (χ4n) is 1.71. The molecule has 0 bridgehead atoms. The topological polar surface area (TPSA) is 66.4 Å². The number of rotatable bonds is 4. The third-order valence-electron chi connectivity index (χ3n) is 2.86. The van der Waals surface area contributed by atoms with Crippen LogP contribution < -0.4 is 9.84 Å². The molecule has 22 heavy (non-hydrogen) atoms. The summed E-state index contributed by atoms with van der Waals surface area (Å²) >= 11 is 0. The molecule has 0 radical (unpaired) electrons. The zero-order valence-electron chi connectivity index (χ0n) is 10.7. The summed E-state index contributed by atoms with van der Waals surface area (Å²) in [5, 5.41) is 10.8. The predicted molar refractivity (Wildman–Crippen MR) is 64.5 cm³/mol. The van der Waals surface area contributed by atoms with Crippen LogP contribution in [-0.4, -0.2) is 23.8 Å². The highest BCUT2D eigenvalue weighted by atomic mass is 19.3. The van der Waals surface area contributed by atoms with E-state index >= 15 is 0 Å². The van der Waals surface area contributed by atoms with E-state index in [-0.39, 0.29) is 5.39 Å². The Labute approximate surface area is 120 Å². The summed E-state index contributed by atoms with van der Waals surface area (Å²) in [6.45, 7) is 0. The van der Waals surface area contributed by atoms with Crippen molar-refractivity contribution in [3.8, 4) is 5.75 Å². The van der Waals surface area contributed by atoms with Crippen molar-refractivity contribution in [2.75, 3.05) is 0 Å². The number of hydrogen-bond donors (Lipinski definition) is 0. The van der Waals surface area contributed by atoms with Gasteiger partial charge in [0, 0.05) is 5.39 Å². The summed E-state index contributed by atoms with van der Waals surface area (Å²) in [5.74, 6) is -17.7. The van der Waals surface area contributed by atoms with E-state index in [1.165, 1.54) is 18.2 Å². The van der Waals surface area contributed by atoms with Crippen LogP contribution in [0, 0.1) is 0 Å². The molecule has 8 heteroatoms. The van der Waals surface area contributed by atoms with Gasteiger partial charge in [0.15, 0.2) is 0 Å². The average Bonchev–Trinajstić information content (AvgIpc) is 2.47. The highest BCUT2D eigenvalue weighted by Crippen LogP contribution is 2.36. The van der Waals surface area contributed by atoms with Gasteiger partial charge in [-0.25, -0.2) is 4.79 Å². The first-order valence-electron chi connectivity index (χ1n) is 5.85. The van der Waals surface area contributed by atoms with Crippen LogP contribution in [0.25, 0.3) is 10.8 Å². The van der Waals surface area contributed by atoms with E-state index in [4.69, 9.17) is 0 Å². The summed E-state index contributed by atoms with van der Waals surface area (Å²) in [6.07, 6.45) is 0. The minimum Gasteiger partial charge on any atom is -0.544 e. The summed E-state index contributed by atoms with van der Waals surface area (Å²) in [5.41, 5.74) is 0. The van der Waals surface area contributed by atoms with Gasteiger partial charge in [0.05, 0.1) is 0 Å². The molecule has 0 N–H and O–H groups in total. The smallest absolute Gasteiger partial charge is 0.410 e. The van der Waals surface area contributed by atoms with Gasteiger partial charge in [-0.15, -0.1) is 0 Å². The summed E-state index contributed by atoms with van der Waals surface area (Å²) in [6, 6.07) is 10.2.